The molecule has 0 spiro atoms. The van der Waals surface area contributed by atoms with Gasteiger partial charge in [0.25, 0.3) is 0 Å². The number of aromatic nitrogens is 1. The number of aryl methyl sites for hydroxylation is 2. The lowest BCUT2D eigenvalue weighted by atomic mass is 9.91. The van der Waals surface area contributed by atoms with Gasteiger partial charge in [0.2, 0.25) is 0 Å². The Bertz CT molecular complexity index is 886. The third-order valence-electron chi connectivity index (χ3n) is 4.54. The second-order valence-corrected chi connectivity index (χ2v) is 6.25. The van der Waals surface area contributed by atoms with Gasteiger partial charge in [-0.1, -0.05) is 59.1 Å². The minimum absolute atomic E-state index is 0.165. The summed E-state index contributed by atoms with van der Waals surface area (Å²) in [4.78, 5) is 16.4. The highest BCUT2D eigenvalue weighted by molar-refractivity contribution is 5.67. The molecule has 1 aliphatic rings. The van der Waals surface area contributed by atoms with Gasteiger partial charge in [-0.25, -0.2) is 0 Å². The van der Waals surface area contributed by atoms with Crippen molar-refractivity contribution in [3.05, 3.63) is 88.6 Å². The van der Waals surface area contributed by atoms with E-state index < -0.39 is 0 Å². The van der Waals surface area contributed by atoms with E-state index in [1.807, 2.05) is 58.9 Å². The van der Waals surface area contributed by atoms with Crippen LogP contribution in [0.25, 0.3) is 11.1 Å². The molecular formula is C26H35NO2. The van der Waals surface area contributed by atoms with Gasteiger partial charge in [0.05, 0.1) is 0 Å². The molecule has 0 unspecified atom stereocenters. The topological polar surface area (TPSA) is 42.1 Å². The van der Waals surface area contributed by atoms with Gasteiger partial charge in [0.1, 0.15) is 11.5 Å². The number of rotatable bonds is 5. The number of nitrogens with one attached hydrogen (secondary N) is 1. The van der Waals surface area contributed by atoms with Crippen molar-refractivity contribution >= 4 is 0 Å². The molecule has 3 rings (SSSR count). The van der Waals surface area contributed by atoms with Crippen molar-refractivity contribution in [3.8, 4) is 16.9 Å². The molecule has 3 nitrogen and oxygen atoms in total. The minimum Gasteiger partial charge on any atom is -0.457 e. The quantitative estimate of drug-likeness (QED) is 0.443. The Balaban J connectivity index is 0.000000989. The van der Waals surface area contributed by atoms with Crippen LogP contribution in [0.1, 0.15) is 57.5 Å². The maximum atomic E-state index is 12.9. The summed E-state index contributed by atoms with van der Waals surface area (Å²) in [5.41, 5.74) is 4.83. The summed E-state index contributed by atoms with van der Waals surface area (Å²) in [6, 6.07) is 7.59. The van der Waals surface area contributed by atoms with Gasteiger partial charge in [0.15, 0.2) is 5.43 Å². The molecule has 1 heterocycles. The molecule has 1 aromatic carbocycles. The van der Waals surface area contributed by atoms with E-state index in [1.165, 1.54) is 0 Å². The average Bonchev–Trinajstić information content (AvgIpc) is 2.77. The number of hydrogen-bond donors (Lipinski definition) is 1. The van der Waals surface area contributed by atoms with Crippen molar-refractivity contribution in [2.75, 3.05) is 0 Å². The highest BCUT2D eigenvalue weighted by Crippen LogP contribution is 2.26. The van der Waals surface area contributed by atoms with Crippen molar-refractivity contribution in [2.24, 2.45) is 0 Å². The van der Waals surface area contributed by atoms with Gasteiger partial charge in [-0.05, 0) is 62.5 Å². The number of benzene rings is 1. The van der Waals surface area contributed by atoms with E-state index in [0.717, 1.165) is 53.8 Å². The standard InChI is InChI=1S/C22H23NO2.2C2H6/c1-4-8-17(5-2)25-18-13-11-16(12-14-18)21-15(3)23-20-10-7-6-9-19(20)22(21)24;2*1-2/h4-5,8,11-14H,1-2,6-7,9-10H2,3H3,(H,23,24);2*1-2H3/b17-8+;;. The van der Waals surface area contributed by atoms with E-state index >= 15 is 0 Å². The summed E-state index contributed by atoms with van der Waals surface area (Å²) in [6.45, 7) is 17.3. The second-order valence-electron chi connectivity index (χ2n) is 6.25. The molecule has 29 heavy (non-hydrogen) atoms. The first-order chi connectivity index (χ1) is 14.1. The van der Waals surface area contributed by atoms with Crippen molar-refractivity contribution in [2.45, 2.75) is 60.3 Å². The molecule has 0 amide bonds. The second kappa shape index (κ2) is 12.6. The number of pyridine rings is 1. The van der Waals surface area contributed by atoms with Gasteiger partial charge in [-0.2, -0.15) is 0 Å². The van der Waals surface area contributed by atoms with Gasteiger partial charge < -0.3 is 9.72 Å². The fourth-order valence-corrected chi connectivity index (χ4v) is 3.34. The predicted octanol–water partition coefficient (Wildman–Crippen LogP) is 6.92. The Morgan fingerprint density at radius 3 is 2.24 bits per heavy atom. The molecular weight excluding hydrogens is 358 g/mol. The molecule has 0 atom stereocenters. The summed E-state index contributed by atoms with van der Waals surface area (Å²) in [6.07, 6.45) is 9.12. The number of allylic oxidation sites excluding steroid dienone is 3. The number of aromatic amines is 1. The molecule has 0 radical (unpaired) electrons. The van der Waals surface area contributed by atoms with Crippen molar-refractivity contribution in [1.29, 1.82) is 0 Å². The fraction of sp³-hybridized carbons (Fsp3) is 0.346. The molecule has 0 saturated carbocycles. The molecule has 1 aromatic heterocycles. The lowest BCUT2D eigenvalue weighted by Crippen LogP contribution is -2.21. The zero-order valence-corrected chi connectivity index (χ0v) is 18.6. The zero-order valence-electron chi connectivity index (χ0n) is 18.6. The van der Waals surface area contributed by atoms with Gasteiger partial charge in [-0.3, -0.25) is 4.79 Å². The van der Waals surface area contributed by atoms with Crippen molar-refractivity contribution < 1.29 is 4.74 Å². The van der Waals surface area contributed by atoms with Gasteiger partial charge >= 0.3 is 0 Å². The first kappa shape index (κ1) is 24.2. The lowest BCUT2D eigenvalue weighted by molar-refractivity contribution is 0.445. The normalized spacial score (nSPS) is 12.4. The van der Waals surface area contributed by atoms with Gasteiger partial charge in [-0.15, -0.1) is 0 Å². The van der Waals surface area contributed by atoms with Crippen LogP contribution in [0.5, 0.6) is 5.75 Å². The molecule has 0 bridgehead atoms. The predicted molar refractivity (Wildman–Crippen MR) is 126 cm³/mol. The van der Waals surface area contributed by atoms with Crippen LogP contribution in [0.4, 0.5) is 0 Å². The van der Waals surface area contributed by atoms with Crippen LogP contribution in [0.3, 0.4) is 0 Å². The van der Waals surface area contributed by atoms with Gasteiger partial charge in [0, 0.05) is 22.5 Å². The largest absolute Gasteiger partial charge is 0.457 e. The Morgan fingerprint density at radius 2 is 1.66 bits per heavy atom. The van der Waals surface area contributed by atoms with E-state index in [2.05, 4.69) is 18.1 Å². The van der Waals surface area contributed by atoms with Crippen molar-refractivity contribution in [3.63, 3.8) is 0 Å². The molecule has 1 N–H and O–H groups in total. The minimum atomic E-state index is 0.165. The smallest absolute Gasteiger partial charge is 0.193 e. The van der Waals surface area contributed by atoms with Crippen LogP contribution >= 0.6 is 0 Å². The summed E-state index contributed by atoms with van der Waals surface area (Å²) in [5, 5.41) is 0. The van der Waals surface area contributed by atoms with Crippen LogP contribution in [0.2, 0.25) is 0 Å². The SMILES string of the molecule is C=C/C=C(\C=C)Oc1ccc(-c2c(C)[nH]c3c(c2=O)CCCC3)cc1.CC.CC. The molecule has 1 aliphatic carbocycles. The highest BCUT2D eigenvalue weighted by atomic mass is 16.5. The Morgan fingerprint density at radius 1 is 1.03 bits per heavy atom. The van der Waals surface area contributed by atoms with E-state index in [4.69, 9.17) is 4.74 Å². The Labute approximate surface area is 175 Å². The summed E-state index contributed by atoms with van der Waals surface area (Å²) < 4.78 is 5.73. The molecule has 0 saturated heterocycles. The number of hydrogen-bond acceptors (Lipinski definition) is 2. The molecule has 0 fully saturated rings. The van der Waals surface area contributed by atoms with E-state index in [-0.39, 0.29) is 5.43 Å². The fourth-order valence-electron chi connectivity index (χ4n) is 3.34. The third-order valence-corrected chi connectivity index (χ3v) is 4.54. The monoisotopic (exact) mass is 393 g/mol. The number of H-pyrrole nitrogens is 1. The summed E-state index contributed by atoms with van der Waals surface area (Å²) >= 11 is 0. The van der Waals surface area contributed by atoms with Crippen LogP contribution < -0.4 is 10.2 Å². The maximum Gasteiger partial charge on any atom is 0.193 e. The van der Waals surface area contributed by atoms with Crippen LogP contribution in [0.15, 0.2) is 66.2 Å². The Kier molecular flexibility index (Phi) is 10.5. The average molecular weight is 394 g/mol. The van der Waals surface area contributed by atoms with Crippen molar-refractivity contribution in [1.82, 2.24) is 4.98 Å². The highest BCUT2D eigenvalue weighted by Gasteiger charge is 2.18. The van der Waals surface area contributed by atoms with Crippen LogP contribution in [-0.2, 0) is 12.8 Å². The lowest BCUT2D eigenvalue weighted by Gasteiger charge is -2.18. The molecule has 156 valence electrons. The van der Waals surface area contributed by atoms with E-state index in [1.54, 1.807) is 18.2 Å². The molecule has 0 aliphatic heterocycles. The number of fused-ring (bicyclic) bond motifs is 1. The first-order valence-corrected chi connectivity index (χ1v) is 10.6. The zero-order chi connectivity index (χ0) is 21.8. The van der Waals surface area contributed by atoms with Crippen LogP contribution in [0, 0.1) is 6.92 Å². The molecule has 3 heteroatoms. The summed E-state index contributed by atoms with van der Waals surface area (Å²) in [7, 11) is 0. The third kappa shape index (κ3) is 6.08. The maximum absolute atomic E-state index is 12.9. The van der Waals surface area contributed by atoms with Crippen LogP contribution in [-0.4, -0.2) is 4.98 Å². The van der Waals surface area contributed by atoms with E-state index in [9.17, 15) is 4.79 Å². The van der Waals surface area contributed by atoms with E-state index in [0.29, 0.717) is 11.5 Å². The molecule has 2 aromatic rings. The first-order valence-electron chi connectivity index (χ1n) is 10.6. The Hall–Kier alpha value is -2.81. The summed E-state index contributed by atoms with van der Waals surface area (Å²) in [5.74, 6) is 1.33. The number of ether oxygens (including phenoxy) is 1.